The van der Waals surface area contributed by atoms with Crippen LogP contribution in [0, 0.1) is 0 Å². The molecule has 54 valence electrons. The topological polar surface area (TPSA) is 29.5 Å². The first-order valence-corrected chi connectivity index (χ1v) is 3.14. The summed E-state index contributed by atoms with van der Waals surface area (Å²) < 4.78 is 5.02. The van der Waals surface area contributed by atoms with Crippen LogP contribution in [0.4, 0.5) is 0 Å². The van der Waals surface area contributed by atoms with Crippen LogP contribution in [0.2, 0.25) is 0 Å². The molecule has 9 heavy (non-hydrogen) atoms. The van der Waals surface area contributed by atoms with Gasteiger partial charge >= 0.3 is 0 Å². The number of aliphatic hydroxyl groups is 1. The summed E-state index contributed by atoms with van der Waals surface area (Å²) in [6.07, 6.45) is 2.14. The van der Waals surface area contributed by atoms with Gasteiger partial charge in [0, 0.05) is 6.61 Å². The van der Waals surface area contributed by atoms with E-state index in [-0.39, 0.29) is 6.10 Å². The van der Waals surface area contributed by atoms with E-state index in [0.717, 1.165) is 0 Å². The van der Waals surface area contributed by atoms with Gasteiger partial charge in [-0.15, -0.1) is 6.58 Å². The first kappa shape index (κ1) is 8.66. The quantitative estimate of drug-likeness (QED) is 0.443. The second kappa shape index (κ2) is 5.79. The molecule has 0 radical (unpaired) electrons. The van der Waals surface area contributed by atoms with Crippen LogP contribution in [0.5, 0.6) is 0 Å². The van der Waals surface area contributed by atoms with Gasteiger partial charge in [-0.3, -0.25) is 0 Å². The Kier molecular flexibility index (Phi) is 5.57. The van der Waals surface area contributed by atoms with Crippen molar-refractivity contribution in [1.82, 2.24) is 0 Å². The van der Waals surface area contributed by atoms with E-state index in [1.807, 2.05) is 0 Å². The summed E-state index contributed by atoms with van der Waals surface area (Å²) in [6, 6.07) is 0. The highest BCUT2D eigenvalue weighted by atomic mass is 16.5. The van der Waals surface area contributed by atoms with Gasteiger partial charge in [0.2, 0.25) is 0 Å². The molecule has 2 nitrogen and oxygen atoms in total. The van der Waals surface area contributed by atoms with E-state index >= 15 is 0 Å². The largest absolute Gasteiger partial charge is 0.393 e. The third-order valence-electron chi connectivity index (χ3n) is 0.916. The zero-order valence-corrected chi connectivity index (χ0v) is 5.84. The van der Waals surface area contributed by atoms with Crippen LogP contribution < -0.4 is 0 Å². The summed E-state index contributed by atoms with van der Waals surface area (Å²) in [5.74, 6) is 0. The molecule has 0 spiro atoms. The lowest BCUT2D eigenvalue weighted by Crippen LogP contribution is -2.05. The first-order chi connectivity index (χ1) is 4.27. The molecule has 0 rings (SSSR count). The van der Waals surface area contributed by atoms with Crippen molar-refractivity contribution in [2.75, 3.05) is 13.2 Å². The summed E-state index contributed by atoms with van der Waals surface area (Å²) in [4.78, 5) is 0. The molecule has 0 amide bonds. The van der Waals surface area contributed by atoms with Crippen molar-refractivity contribution in [2.45, 2.75) is 19.4 Å². The van der Waals surface area contributed by atoms with Gasteiger partial charge in [0.15, 0.2) is 0 Å². The number of hydrogen-bond donors (Lipinski definition) is 1. The lowest BCUT2D eigenvalue weighted by atomic mass is 10.3. The normalized spacial score (nSPS) is 13.1. The second-order valence-corrected chi connectivity index (χ2v) is 2.00. The molecule has 1 atom stereocenters. The van der Waals surface area contributed by atoms with Crippen LogP contribution in [0.3, 0.4) is 0 Å². The van der Waals surface area contributed by atoms with Crippen molar-refractivity contribution in [3.05, 3.63) is 12.7 Å². The van der Waals surface area contributed by atoms with E-state index in [4.69, 9.17) is 9.84 Å². The van der Waals surface area contributed by atoms with Crippen LogP contribution in [0.25, 0.3) is 0 Å². The lowest BCUT2D eigenvalue weighted by Gasteiger charge is -2.02. The van der Waals surface area contributed by atoms with Gasteiger partial charge in [0.05, 0.1) is 12.7 Å². The molecule has 0 aliphatic rings. The molecule has 0 saturated carbocycles. The van der Waals surface area contributed by atoms with Crippen LogP contribution in [0.1, 0.15) is 13.3 Å². The summed E-state index contributed by atoms with van der Waals surface area (Å²) in [5.41, 5.74) is 0. The Hall–Kier alpha value is -0.340. The third kappa shape index (κ3) is 7.66. The van der Waals surface area contributed by atoms with Crippen LogP contribution >= 0.6 is 0 Å². The Balaban J connectivity index is 2.82. The molecule has 0 aromatic rings. The molecular formula is C7H14O2. The third-order valence-corrected chi connectivity index (χ3v) is 0.916. The van der Waals surface area contributed by atoms with E-state index in [9.17, 15) is 0 Å². The van der Waals surface area contributed by atoms with Gasteiger partial charge in [0.1, 0.15) is 0 Å². The van der Waals surface area contributed by atoms with Gasteiger partial charge in [-0.1, -0.05) is 6.08 Å². The molecule has 0 fully saturated rings. The maximum atomic E-state index is 8.75. The fourth-order valence-corrected chi connectivity index (χ4v) is 0.421. The summed E-state index contributed by atoms with van der Waals surface area (Å²) >= 11 is 0. The molecule has 0 heterocycles. The molecule has 1 unspecified atom stereocenters. The predicted octanol–water partition coefficient (Wildman–Crippen LogP) is 0.960. The maximum absolute atomic E-state index is 8.75. The van der Waals surface area contributed by atoms with Crippen molar-refractivity contribution < 1.29 is 9.84 Å². The zero-order chi connectivity index (χ0) is 7.11. The van der Waals surface area contributed by atoms with E-state index in [1.54, 1.807) is 13.0 Å². The van der Waals surface area contributed by atoms with Gasteiger partial charge in [0.25, 0.3) is 0 Å². The predicted molar refractivity (Wildman–Crippen MR) is 37.3 cm³/mol. The van der Waals surface area contributed by atoms with E-state index in [0.29, 0.717) is 19.6 Å². The van der Waals surface area contributed by atoms with Gasteiger partial charge in [-0.05, 0) is 13.3 Å². The van der Waals surface area contributed by atoms with Crippen molar-refractivity contribution in [3.63, 3.8) is 0 Å². The van der Waals surface area contributed by atoms with Gasteiger partial charge < -0.3 is 9.84 Å². The number of aliphatic hydroxyl groups excluding tert-OH is 1. The number of hydrogen-bond acceptors (Lipinski definition) is 2. The Morgan fingerprint density at radius 3 is 2.89 bits per heavy atom. The summed E-state index contributed by atoms with van der Waals surface area (Å²) in [6.45, 7) is 6.43. The van der Waals surface area contributed by atoms with Crippen molar-refractivity contribution in [1.29, 1.82) is 0 Å². The minimum atomic E-state index is -0.255. The van der Waals surface area contributed by atoms with Crippen LogP contribution in [0.15, 0.2) is 12.7 Å². The van der Waals surface area contributed by atoms with Crippen LogP contribution in [-0.4, -0.2) is 24.4 Å². The number of ether oxygens (including phenoxy) is 1. The fourth-order valence-electron chi connectivity index (χ4n) is 0.421. The van der Waals surface area contributed by atoms with Gasteiger partial charge in [-0.2, -0.15) is 0 Å². The minimum absolute atomic E-state index is 0.255. The van der Waals surface area contributed by atoms with E-state index in [2.05, 4.69) is 6.58 Å². The molecule has 0 bridgehead atoms. The fraction of sp³-hybridized carbons (Fsp3) is 0.714. The highest BCUT2D eigenvalue weighted by molar-refractivity contribution is 4.63. The zero-order valence-electron chi connectivity index (χ0n) is 5.84. The SMILES string of the molecule is C=CCOCCC(C)O. The monoisotopic (exact) mass is 130 g/mol. The lowest BCUT2D eigenvalue weighted by molar-refractivity contribution is 0.105. The smallest absolute Gasteiger partial charge is 0.0644 e. The maximum Gasteiger partial charge on any atom is 0.0644 e. The first-order valence-electron chi connectivity index (χ1n) is 3.14. The standard InChI is InChI=1S/C7H14O2/c1-3-5-9-6-4-7(2)8/h3,7-8H,1,4-6H2,2H3. The highest BCUT2D eigenvalue weighted by Crippen LogP contribution is 1.89. The Bertz CT molecular complexity index is 69.3. The van der Waals surface area contributed by atoms with E-state index in [1.165, 1.54) is 0 Å². The summed E-state index contributed by atoms with van der Waals surface area (Å²) in [5, 5.41) is 8.75. The molecule has 0 aliphatic carbocycles. The minimum Gasteiger partial charge on any atom is -0.393 e. The van der Waals surface area contributed by atoms with Crippen LogP contribution in [-0.2, 0) is 4.74 Å². The molecule has 0 saturated heterocycles. The average molecular weight is 130 g/mol. The molecular weight excluding hydrogens is 116 g/mol. The molecule has 0 aromatic carbocycles. The Morgan fingerprint density at radius 2 is 2.44 bits per heavy atom. The van der Waals surface area contributed by atoms with Gasteiger partial charge in [-0.25, -0.2) is 0 Å². The number of rotatable bonds is 5. The van der Waals surface area contributed by atoms with E-state index < -0.39 is 0 Å². The highest BCUT2D eigenvalue weighted by Gasteiger charge is 1.92. The summed E-state index contributed by atoms with van der Waals surface area (Å²) in [7, 11) is 0. The molecule has 1 N–H and O–H groups in total. The Labute approximate surface area is 56.1 Å². The van der Waals surface area contributed by atoms with Crippen molar-refractivity contribution in [3.8, 4) is 0 Å². The molecule has 0 aromatic heterocycles. The average Bonchev–Trinajstić information content (AvgIpc) is 1.80. The van der Waals surface area contributed by atoms with Crippen molar-refractivity contribution >= 4 is 0 Å². The molecule has 2 heteroatoms. The Morgan fingerprint density at radius 1 is 1.78 bits per heavy atom. The molecule has 0 aliphatic heterocycles. The second-order valence-electron chi connectivity index (χ2n) is 2.00. The van der Waals surface area contributed by atoms with Crippen molar-refractivity contribution in [2.24, 2.45) is 0 Å².